The van der Waals surface area contributed by atoms with E-state index in [2.05, 4.69) is 10.0 Å². The van der Waals surface area contributed by atoms with Crippen LogP contribution in [0.5, 0.6) is 0 Å². The third-order valence-corrected chi connectivity index (χ3v) is 5.64. The number of anilines is 1. The zero-order valence-electron chi connectivity index (χ0n) is 15.2. The van der Waals surface area contributed by atoms with Crippen LogP contribution in [0, 0.1) is 11.6 Å². The van der Waals surface area contributed by atoms with Crippen molar-refractivity contribution >= 4 is 21.6 Å². The average Bonchev–Trinajstić information content (AvgIpc) is 2.70. The summed E-state index contributed by atoms with van der Waals surface area (Å²) in [6, 6.07) is 17.4. The number of hydrogen-bond donors (Lipinski definition) is 2. The van der Waals surface area contributed by atoms with Crippen molar-refractivity contribution in [3.63, 3.8) is 0 Å². The predicted molar refractivity (Wildman–Crippen MR) is 106 cm³/mol. The van der Waals surface area contributed by atoms with Crippen molar-refractivity contribution in [2.75, 3.05) is 5.32 Å². The first-order valence-corrected chi connectivity index (χ1v) is 10.2. The topological polar surface area (TPSA) is 75.3 Å². The van der Waals surface area contributed by atoms with E-state index in [4.69, 9.17) is 0 Å². The molecule has 0 heterocycles. The second-order valence-electron chi connectivity index (χ2n) is 6.29. The molecule has 5 nitrogen and oxygen atoms in total. The van der Waals surface area contributed by atoms with Crippen molar-refractivity contribution < 1.29 is 22.0 Å². The van der Waals surface area contributed by atoms with Gasteiger partial charge in [0.1, 0.15) is 17.7 Å². The molecular formula is C21H18F2N2O3S. The Balaban J connectivity index is 1.87. The Bertz CT molecular complexity index is 1090. The highest BCUT2D eigenvalue weighted by atomic mass is 32.2. The number of para-hydroxylation sites is 1. The molecule has 0 aliphatic rings. The highest BCUT2D eigenvalue weighted by Crippen LogP contribution is 2.16. The number of benzene rings is 3. The van der Waals surface area contributed by atoms with E-state index in [0.717, 1.165) is 24.3 Å². The van der Waals surface area contributed by atoms with Gasteiger partial charge in [0.25, 0.3) is 0 Å². The van der Waals surface area contributed by atoms with Crippen LogP contribution in [0.2, 0.25) is 0 Å². The summed E-state index contributed by atoms with van der Waals surface area (Å²) in [6.07, 6.45) is 0.0432. The number of nitrogens with one attached hydrogen (secondary N) is 2. The Morgan fingerprint density at radius 2 is 1.48 bits per heavy atom. The van der Waals surface area contributed by atoms with Crippen LogP contribution in [0.25, 0.3) is 0 Å². The monoisotopic (exact) mass is 416 g/mol. The summed E-state index contributed by atoms with van der Waals surface area (Å²) in [5, 5.41) is 2.41. The minimum Gasteiger partial charge on any atom is -0.322 e. The third-order valence-electron chi connectivity index (χ3n) is 4.15. The average molecular weight is 416 g/mol. The van der Waals surface area contributed by atoms with Crippen molar-refractivity contribution in [3.8, 4) is 0 Å². The van der Waals surface area contributed by atoms with E-state index in [1.807, 2.05) is 0 Å². The molecule has 3 aromatic rings. The zero-order chi connectivity index (χ0) is 20.9. The summed E-state index contributed by atoms with van der Waals surface area (Å²) in [6.45, 7) is 0. The van der Waals surface area contributed by atoms with E-state index >= 15 is 0 Å². The Morgan fingerprint density at radius 3 is 2.14 bits per heavy atom. The SMILES string of the molecule is O=C(Nc1ccccc1F)[C@H](Cc1ccccc1)NS(=O)(=O)c1ccc(F)cc1. The van der Waals surface area contributed by atoms with Crippen LogP contribution in [-0.2, 0) is 21.2 Å². The number of carbonyl (C=O) groups excluding carboxylic acids is 1. The molecule has 0 bridgehead atoms. The van der Waals surface area contributed by atoms with E-state index in [0.29, 0.717) is 5.56 Å². The van der Waals surface area contributed by atoms with Crippen LogP contribution in [-0.4, -0.2) is 20.4 Å². The lowest BCUT2D eigenvalue weighted by Crippen LogP contribution is -2.45. The van der Waals surface area contributed by atoms with Gasteiger partial charge in [0, 0.05) is 0 Å². The van der Waals surface area contributed by atoms with Gasteiger partial charge in [0.05, 0.1) is 10.6 Å². The fourth-order valence-corrected chi connectivity index (χ4v) is 3.88. The molecule has 8 heteroatoms. The quantitative estimate of drug-likeness (QED) is 0.619. The predicted octanol–water partition coefficient (Wildman–Crippen LogP) is 3.49. The molecule has 0 unspecified atom stereocenters. The van der Waals surface area contributed by atoms with E-state index in [1.165, 1.54) is 18.2 Å². The maximum absolute atomic E-state index is 13.9. The van der Waals surface area contributed by atoms with E-state index in [1.54, 1.807) is 36.4 Å². The second-order valence-corrected chi connectivity index (χ2v) is 8.00. The van der Waals surface area contributed by atoms with Gasteiger partial charge in [-0.15, -0.1) is 0 Å². The summed E-state index contributed by atoms with van der Waals surface area (Å²) in [5.41, 5.74) is 0.652. The van der Waals surface area contributed by atoms with Crippen LogP contribution >= 0.6 is 0 Å². The van der Waals surface area contributed by atoms with Gasteiger partial charge >= 0.3 is 0 Å². The molecule has 0 saturated carbocycles. The lowest BCUT2D eigenvalue weighted by atomic mass is 10.1. The molecule has 29 heavy (non-hydrogen) atoms. The molecule has 3 rings (SSSR count). The van der Waals surface area contributed by atoms with Crippen molar-refractivity contribution in [3.05, 3.63) is 96.1 Å². The van der Waals surface area contributed by atoms with Gasteiger partial charge in [-0.1, -0.05) is 42.5 Å². The van der Waals surface area contributed by atoms with Crippen LogP contribution in [0.4, 0.5) is 14.5 Å². The summed E-state index contributed by atoms with van der Waals surface area (Å²) in [5.74, 6) is -1.94. The second kappa shape index (κ2) is 8.93. The van der Waals surface area contributed by atoms with Gasteiger partial charge in [-0.2, -0.15) is 4.72 Å². The summed E-state index contributed by atoms with van der Waals surface area (Å²) >= 11 is 0. The molecule has 1 atom stereocenters. The van der Waals surface area contributed by atoms with Crippen molar-refractivity contribution in [1.29, 1.82) is 0 Å². The fourth-order valence-electron chi connectivity index (χ4n) is 2.69. The number of halogens is 2. The lowest BCUT2D eigenvalue weighted by Gasteiger charge is -2.19. The third kappa shape index (κ3) is 5.46. The van der Waals surface area contributed by atoms with Gasteiger partial charge in [0.15, 0.2) is 0 Å². The van der Waals surface area contributed by atoms with Gasteiger partial charge in [-0.25, -0.2) is 17.2 Å². The maximum atomic E-state index is 13.9. The molecule has 0 fully saturated rings. The van der Waals surface area contributed by atoms with Crippen molar-refractivity contribution in [2.45, 2.75) is 17.4 Å². The first-order valence-electron chi connectivity index (χ1n) is 8.72. The number of amides is 1. The Hall–Kier alpha value is -3.10. The molecule has 0 spiro atoms. The summed E-state index contributed by atoms with van der Waals surface area (Å²) in [4.78, 5) is 12.6. The normalized spacial score (nSPS) is 12.3. The molecular weight excluding hydrogens is 398 g/mol. The molecule has 150 valence electrons. The van der Waals surface area contributed by atoms with Gasteiger partial charge < -0.3 is 5.32 Å². The largest absolute Gasteiger partial charge is 0.322 e. The molecule has 3 aromatic carbocycles. The van der Waals surface area contributed by atoms with Gasteiger partial charge in [-0.3, -0.25) is 4.79 Å². The number of rotatable bonds is 7. The first kappa shape index (κ1) is 20.6. The van der Waals surface area contributed by atoms with Crippen molar-refractivity contribution in [2.24, 2.45) is 0 Å². The molecule has 0 aromatic heterocycles. The Kier molecular flexibility index (Phi) is 6.36. The summed E-state index contributed by atoms with van der Waals surface area (Å²) in [7, 11) is -4.12. The van der Waals surface area contributed by atoms with Crippen molar-refractivity contribution in [1.82, 2.24) is 4.72 Å². The molecule has 0 aliphatic heterocycles. The Morgan fingerprint density at radius 1 is 0.862 bits per heavy atom. The minimum atomic E-state index is -4.12. The molecule has 0 radical (unpaired) electrons. The van der Waals surface area contributed by atoms with Crippen LogP contribution in [0.3, 0.4) is 0 Å². The molecule has 2 N–H and O–H groups in total. The standard InChI is InChI=1S/C21H18F2N2O3S/c22-16-10-12-17(13-11-16)29(27,28)25-20(14-15-6-2-1-3-7-15)21(26)24-19-9-5-4-8-18(19)23/h1-13,20,25H,14H2,(H,24,26)/t20-/m0/s1. The highest BCUT2D eigenvalue weighted by Gasteiger charge is 2.26. The van der Waals surface area contributed by atoms with E-state index < -0.39 is 33.6 Å². The molecule has 0 saturated heterocycles. The summed E-state index contributed by atoms with van der Waals surface area (Å²) < 4.78 is 54.7. The Labute approximate surface area is 167 Å². The van der Waals surface area contributed by atoms with Crippen LogP contribution in [0.15, 0.2) is 83.8 Å². The van der Waals surface area contributed by atoms with E-state index in [9.17, 15) is 22.0 Å². The number of carbonyl (C=O) groups is 1. The molecule has 1 amide bonds. The van der Waals surface area contributed by atoms with E-state index in [-0.39, 0.29) is 17.0 Å². The van der Waals surface area contributed by atoms with Gasteiger partial charge in [-0.05, 0) is 48.4 Å². The van der Waals surface area contributed by atoms with Crippen LogP contribution in [0.1, 0.15) is 5.56 Å². The number of sulfonamides is 1. The van der Waals surface area contributed by atoms with Crippen LogP contribution < -0.4 is 10.0 Å². The van der Waals surface area contributed by atoms with Gasteiger partial charge in [0.2, 0.25) is 15.9 Å². The lowest BCUT2D eigenvalue weighted by molar-refractivity contribution is -0.117. The maximum Gasteiger partial charge on any atom is 0.242 e. The first-order chi connectivity index (χ1) is 13.8. The smallest absolute Gasteiger partial charge is 0.242 e. The minimum absolute atomic E-state index is 0.0432. The highest BCUT2D eigenvalue weighted by molar-refractivity contribution is 7.89. The molecule has 0 aliphatic carbocycles. The number of hydrogen-bond acceptors (Lipinski definition) is 3. The zero-order valence-corrected chi connectivity index (χ0v) is 16.0. The fraction of sp³-hybridized carbons (Fsp3) is 0.0952.